The summed E-state index contributed by atoms with van der Waals surface area (Å²) in [6.07, 6.45) is 7.37. The van der Waals surface area contributed by atoms with Crippen molar-refractivity contribution in [2.75, 3.05) is 33.1 Å². The lowest BCUT2D eigenvalue weighted by atomic mass is 9.81. The van der Waals surface area contributed by atoms with Crippen LogP contribution in [0.2, 0.25) is 0 Å². The van der Waals surface area contributed by atoms with Gasteiger partial charge in [0.1, 0.15) is 11.6 Å². The van der Waals surface area contributed by atoms with Gasteiger partial charge in [0.05, 0.1) is 29.7 Å². The standard InChI is InChI=1S/C24H31N5O3/c1-15-22-21(18-9-10-19(26-24(30)31)20(13-18)32-4)27-23(29(22)12-11-25-15)17-7-5-16(6-8-17)14-28(2)3/h9-13,16-17,26H,5-8,14H2,1-4H3,(H,30,31)/t16-,17-. The predicted molar refractivity (Wildman–Crippen MR) is 125 cm³/mol. The van der Waals surface area contributed by atoms with Crippen molar-refractivity contribution < 1.29 is 14.6 Å². The smallest absolute Gasteiger partial charge is 0.409 e. The number of carboxylic acid groups (broad SMARTS) is 1. The highest BCUT2D eigenvalue weighted by Gasteiger charge is 2.27. The number of anilines is 1. The molecule has 2 heterocycles. The molecule has 32 heavy (non-hydrogen) atoms. The predicted octanol–water partition coefficient (Wildman–Crippen LogP) is 4.64. The van der Waals surface area contributed by atoms with Crippen molar-refractivity contribution in [1.29, 1.82) is 0 Å². The Hall–Kier alpha value is -3.13. The number of rotatable bonds is 6. The van der Waals surface area contributed by atoms with Gasteiger partial charge in [-0.3, -0.25) is 14.7 Å². The molecule has 0 unspecified atom stereocenters. The van der Waals surface area contributed by atoms with E-state index < -0.39 is 6.09 Å². The third kappa shape index (κ3) is 4.41. The molecule has 4 rings (SSSR count). The minimum absolute atomic E-state index is 0.404. The zero-order chi connectivity index (χ0) is 22.8. The van der Waals surface area contributed by atoms with E-state index in [1.54, 1.807) is 6.07 Å². The largest absolute Gasteiger partial charge is 0.495 e. The molecule has 0 aliphatic heterocycles. The molecule has 0 bridgehead atoms. The maximum atomic E-state index is 11.1. The average molecular weight is 438 g/mol. The number of nitrogens with one attached hydrogen (secondary N) is 1. The first kappa shape index (κ1) is 22.1. The van der Waals surface area contributed by atoms with Gasteiger partial charge in [0.2, 0.25) is 0 Å². The quantitative estimate of drug-likeness (QED) is 0.584. The first-order chi connectivity index (χ1) is 15.4. The number of methoxy groups -OCH3 is 1. The van der Waals surface area contributed by atoms with Gasteiger partial charge in [-0.15, -0.1) is 0 Å². The van der Waals surface area contributed by atoms with E-state index in [9.17, 15) is 4.79 Å². The van der Waals surface area contributed by atoms with Crippen molar-refractivity contribution in [3.63, 3.8) is 0 Å². The Morgan fingerprint density at radius 1 is 1.28 bits per heavy atom. The number of aryl methyl sites for hydroxylation is 1. The molecular formula is C24H31N5O3. The summed E-state index contributed by atoms with van der Waals surface area (Å²) in [4.78, 5) is 23.0. The summed E-state index contributed by atoms with van der Waals surface area (Å²) in [5.41, 5.74) is 4.02. The first-order valence-corrected chi connectivity index (χ1v) is 11.0. The summed E-state index contributed by atoms with van der Waals surface area (Å²) >= 11 is 0. The number of hydrogen-bond acceptors (Lipinski definition) is 5. The Labute approximate surface area is 188 Å². The van der Waals surface area contributed by atoms with E-state index in [-0.39, 0.29) is 0 Å². The van der Waals surface area contributed by atoms with Gasteiger partial charge in [-0.2, -0.15) is 0 Å². The maximum Gasteiger partial charge on any atom is 0.409 e. The van der Waals surface area contributed by atoms with Crippen LogP contribution in [0.4, 0.5) is 10.5 Å². The van der Waals surface area contributed by atoms with Crippen LogP contribution in [0.15, 0.2) is 30.6 Å². The van der Waals surface area contributed by atoms with Crippen LogP contribution in [0, 0.1) is 12.8 Å². The normalized spacial score (nSPS) is 18.8. The van der Waals surface area contributed by atoms with E-state index in [1.165, 1.54) is 20.0 Å². The molecular weight excluding hydrogens is 406 g/mol. The second kappa shape index (κ2) is 9.16. The van der Waals surface area contributed by atoms with Crippen molar-refractivity contribution >= 4 is 17.3 Å². The number of carbonyl (C=O) groups is 1. The Kier molecular flexibility index (Phi) is 6.32. The van der Waals surface area contributed by atoms with Crippen molar-refractivity contribution in [3.8, 4) is 17.0 Å². The van der Waals surface area contributed by atoms with E-state index in [2.05, 4.69) is 33.7 Å². The highest BCUT2D eigenvalue weighted by atomic mass is 16.5. The zero-order valence-electron chi connectivity index (χ0n) is 19.1. The third-order valence-electron chi connectivity index (χ3n) is 6.32. The summed E-state index contributed by atoms with van der Waals surface area (Å²) in [5, 5.41) is 11.4. The van der Waals surface area contributed by atoms with Gasteiger partial charge in [-0.05, 0) is 64.8 Å². The second-order valence-corrected chi connectivity index (χ2v) is 8.87. The minimum atomic E-state index is -1.13. The molecule has 170 valence electrons. The van der Waals surface area contributed by atoms with Crippen LogP contribution in [-0.4, -0.2) is 58.2 Å². The second-order valence-electron chi connectivity index (χ2n) is 8.87. The molecule has 1 amide bonds. The van der Waals surface area contributed by atoms with Gasteiger partial charge in [-0.1, -0.05) is 6.07 Å². The molecule has 2 aromatic heterocycles. The average Bonchev–Trinajstić information content (AvgIpc) is 3.15. The fourth-order valence-electron chi connectivity index (χ4n) is 4.89. The summed E-state index contributed by atoms with van der Waals surface area (Å²) < 4.78 is 7.62. The van der Waals surface area contributed by atoms with E-state index >= 15 is 0 Å². The molecule has 0 saturated heterocycles. The molecule has 8 heteroatoms. The first-order valence-electron chi connectivity index (χ1n) is 11.0. The van der Waals surface area contributed by atoms with Crippen molar-refractivity contribution in [3.05, 3.63) is 42.1 Å². The molecule has 1 fully saturated rings. The van der Waals surface area contributed by atoms with Crippen LogP contribution < -0.4 is 10.1 Å². The number of aromatic nitrogens is 3. The van der Waals surface area contributed by atoms with Gasteiger partial charge in [-0.25, -0.2) is 9.78 Å². The number of fused-ring (bicyclic) bond motifs is 1. The van der Waals surface area contributed by atoms with Crippen LogP contribution in [0.25, 0.3) is 16.8 Å². The van der Waals surface area contributed by atoms with Crippen LogP contribution in [0.5, 0.6) is 5.75 Å². The number of benzene rings is 1. The highest BCUT2D eigenvalue weighted by Crippen LogP contribution is 2.39. The lowest BCUT2D eigenvalue weighted by Gasteiger charge is -2.29. The zero-order valence-corrected chi connectivity index (χ0v) is 19.1. The number of amides is 1. The van der Waals surface area contributed by atoms with Crippen molar-refractivity contribution in [2.45, 2.75) is 38.5 Å². The van der Waals surface area contributed by atoms with Crippen LogP contribution in [0.1, 0.15) is 43.1 Å². The monoisotopic (exact) mass is 437 g/mol. The van der Waals surface area contributed by atoms with Gasteiger partial charge in [0.25, 0.3) is 0 Å². The van der Waals surface area contributed by atoms with Gasteiger partial charge < -0.3 is 14.7 Å². The third-order valence-corrected chi connectivity index (χ3v) is 6.32. The fourth-order valence-corrected chi connectivity index (χ4v) is 4.89. The van der Waals surface area contributed by atoms with E-state index in [4.69, 9.17) is 14.8 Å². The van der Waals surface area contributed by atoms with Crippen LogP contribution in [-0.2, 0) is 0 Å². The lowest BCUT2D eigenvalue weighted by molar-refractivity contribution is 0.209. The molecule has 3 aromatic rings. The number of hydrogen-bond donors (Lipinski definition) is 2. The number of nitrogens with zero attached hydrogens (tertiary/aromatic N) is 4. The van der Waals surface area contributed by atoms with Gasteiger partial charge in [0, 0.05) is 30.4 Å². The van der Waals surface area contributed by atoms with Crippen molar-refractivity contribution in [2.24, 2.45) is 5.92 Å². The topological polar surface area (TPSA) is 92.0 Å². The van der Waals surface area contributed by atoms with E-state index in [1.807, 2.05) is 31.5 Å². The Morgan fingerprint density at radius 3 is 2.69 bits per heavy atom. The maximum absolute atomic E-state index is 11.1. The highest BCUT2D eigenvalue weighted by molar-refractivity contribution is 5.88. The molecule has 8 nitrogen and oxygen atoms in total. The molecule has 1 aromatic carbocycles. The van der Waals surface area contributed by atoms with Crippen LogP contribution in [0.3, 0.4) is 0 Å². The molecule has 1 aliphatic rings. The number of imidazole rings is 1. The van der Waals surface area contributed by atoms with E-state index in [0.29, 0.717) is 17.4 Å². The summed E-state index contributed by atoms with van der Waals surface area (Å²) in [5.74, 6) is 2.69. The van der Waals surface area contributed by atoms with Gasteiger partial charge >= 0.3 is 6.09 Å². The Bertz CT molecular complexity index is 1120. The van der Waals surface area contributed by atoms with Crippen molar-refractivity contribution in [1.82, 2.24) is 19.3 Å². The molecule has 2 N–H and O–H groups in total. The molecule has 0 radical (unpaired) electrons. The number of ether oxygens (including phenoxy) is 1. The Morgan fingerprint density at radius 2 is 2.03 bits per heavy atom. The van der Waals surface area contributed by atoms with Gasteiger partial charge in [0.15, 0.2) is 0 Å². The minimum Gasteiger partial charge on any atom is -0.495 e. The van der Waals surface area contributed by atoms with E-state index in [0.717, 1.165) is 53.6 Å². The van der Waals surface area contributed by atoms with Crippen LogP contribution >= 0.6 is 0 Å². The molecule has 1 saturated carbocycles. The SMILES string of the molecule is COc1cc(-c2nc([C@H]3CC[C@H](CN(C)C)CC3)n3ccnc(C)c23)ccc1NC(=O)O. The summed E-state index contributed by atoms with van der Waals surface area (Å²) in [6.45, 7) is 3.13. The summed E-state index contributed by atoms with van der Waals surface area (Å²) in [7, 11) is 5.81. The molecule has 1 aliphatic carbocycles. The Balaban J connectivity index is 1.72. The summed E-state index contributed by atoms with van der Waals surface area (Å²) in [6, 6.07) is 5.42. The lowest BCUT2D eigenvalue weighted by Crippen LogP contribution is -2.25. The molecule has 0 atom stereocenters. The fraction of sp³-hybridized carbons (Fsp3) is 0.458. The molecule has 0 spiro atoms.